The topological polar surface area (TPSA) is 81.3 Å². The van der Waals surface area contributed by atoms with Crippen LogP contribution in [0.15, 0.2) is 48.8 Å². The van der Waals surface area contributed by atoms with Gasteiger partial charge in [0.1, 0.15) is 5.82 Å². The van der Waals surface area contributed by atoms with Crippen molar-refractivity contribution in [3.05, 3.63) is 58.9 Å². The number of rotatable bonds is 3. The number of nitro benzene ring substituents is 1. The molecule has 7 nitrogen and oxygen atoms in total. The number of hydrogen-bond acceptors (Lipinski definition) is 4. The lowest BCUT2D eigenvalue weighted by molar-refractivity contribution is -0.384. The van der Waals surface area contributed by atoms with Gasteiger partial charge in [0.25, 0.3) is 5.69 Å². The maximum Gasteiger partial charge on any atom is 0.270 e. The van der Waals surface area contributed by atoms with Crippen LogP contribution in [0.4, 0.5) is 11.4 Å². The molecule has 0 aliphatic carbocycles. The van der Waals surface area contributed by atoms with Gasteiger partial charge in [0.05, 0.1) is 16.1 Å². The fraction of sp³-hybridized carbons (Fsp3) is 0.125. The van der Waals surface area contributed by atoms with Crippen molar-refractivity contribution in [2.24, 2.45) is 0 Å². The number of benzene rings is 1. The largest absolute Gasteiger partial charge is 0.314 e. The van der Waals surface area contributed by atoms with Crippen molar-refractivity contribution in [3.8, 4) is 5.82 Å². The molecule has 0 bridgehead atoms. The van der Waals surface area contributed by atoms with Gasteiger partial charge >= 0.3 is 0 Å². The number of fused-ring (bicyclic) bond motifs is 1. The van der Waals surface area contributed by atoms with E-state index in [1.54, 1.807) is 40.9 Å². The summed E-state index contributed by atoms with van der Waals surface area (Å²) in [7, 11) is 1.70. The van der Waals surface area contributed by atoms with Crippen molar-refractivity contribution < 1.29 is 9.72 Å². The Bertz CT molecular complexity index is 917. The molecule has 0 N–H and O–H groups in total. The van der Waals surface area contributed by atoms with Gasteiger partial charge in [-0.15, -0.1) is 0 Å². The summed E-state index contributed by atoms with van der Waals surface area (Å²) in [5.41, 5.74) is 1.48. The minimum absolute atomic E-state index is 0.0402. The number of nitrogens with zero attached hydrogens (tertiary/aromatic N) is 4. The monoisotopic (exact) mass is 310 g/mol. The van der Waals surface area contributed by atoms with Crippen LogP contribution in [-0.2, 0) is 4.79 Å². The molecule has 7 heteroatoms. The maximum absolute atomic E-state index is 11.4. The zero-order valence-corrected chi connectivity index (χ0v) is 12.6. The first kappa shape index (κ1) is 14.7. The van der Waals surface area contributed by atoms with Crippen LogP contribution in [-0.4, -0.2) is 27.4 Å². The zero-order chi connectivity index (χ0) is 16.6. The Hall–Kier alpha value is -3.22. The highest BCUT2D eigenvalue weighted by atomic mass is 16.6. The minimum Gasteiger partial charge on any atom is -0.314 e. The second-order valence-electron chi connectivity index (χ2n) is 5.16. The summed E-state index contributed by atoms with van der Waals surface area (Å²) < 4.78 is 1.80. The molecule has 2 heterocycles. The molecule has 0 unspecified atom stereocenters. The molecule has 2 aromatic heterocycles. The van der Waals surface area contributed by atoms with Gasteiger partial charge in [0.15, 0.2) is 0 Å². The van der Waals surface area contributed by atoms with Crippen molar-refractivity contribution in [1.82, 2.24) is 9.55 Å². The quantitative estimate of drug-likeness (QED) is 0.550. The molecular weight excluding hydrogens is 296 g/mol. The number of carbonyl (C=O) groups excluding carboxylic acids is 1. The molecular formula is C16H14N4O3. The van der Waals surface area contributed by atoms with E-state index in [1.807, 2.05) is 12.3 Å². The van der Waals surface area contributed by atoms with E-state index >= 15 is 0 Å². The highest BCUT2D eigenvalue weighted by Crippen LogP contribution is 2.22. The number of anilines is 1. The van der Waals surface area contributed by atoms with E-state index in [4.69, 9.17) is 0 Å². The van der Waals surface area contributed by atoms with Gasteiger partial charge in [-0.1, -0.05) is 0 Å². The van der Waals surface area contributed by atoms with Gasteiger partial charge in [0, 0.05) is 43.9 Å². The molecule has 0 fully saturated rings. The van der Waals surface area contributed by atoms with Crippen LogP contribution >= 0.6 is 0 Å². The Morgan fingerprint density at radius 1 is 1.26 bits per heavy atom. The third-order valence-corrected chi connectivity index (χ3v) is 3.67. The smallest absolute Gasteiger partial charge is 0.270 e. The Morgan fingerprint density at radius 2 is 2.04 bits per heavy atom. The SMILES string of the molecule is CC(=O)N(C)c1ccn(-c2ccc3cc([N+](=O)[O-])ccc3n2)c1. The van der Waals surface area contributed by atoms with Crippen LogP contribution in [0.2, 0.25) is 0 Å². The number of carbonyl (C=O) groups is 1. The molecule has 1 aromatic carbocycles. The van der Waals surface area contributed by atoms with Crippen LogP contribution < -0.4 is 4.90 Å². The van der Waals surface area contributed by atoms with E-state index in [-0.39, 0.29) is 11.6 Å². The summed E-state index contributed by atoms with van der Waals surface area (Å²) in [6.45, 7) is 1.50. The molecule has 0 aliphatic rings. The zero-order valence-electron chi connectivity index (χ0n) is 12.6. The molecule has 116 valence electrons. The van der Waals surface area contributed by atoms with Gasteiger partial charge in [-0.3, -0.25) is 14.9 Å². The van der Waals surface area contributed by atoms with Crippen molar-refractivity contribution in [2.45, 2.75) is 6.92 Å². The Balaban J connectivity index is 1.99. The van der Waals surface area contributed by atoms with Crippen LogP contribution in [0.1, 0.15) is 6.92 Å². The number of nitro groups is 1. The van der Waals surface area contributed by atoms with Gasteiger partial charge in [-0.05, 0) is 24.3 Å². The summed E-state index contributed by atoms with van der Waals surface area (Å²) in [6, 6.07) is 9.95. The van der Waals surface area contributed by atoms with Gasteiger partial charge in [-0.25, -0.2) is 4.98 Å². The molecule has 0 aliphatic heterocycles. The lowest BCUT2D eigenvalue weighted by atomic mass is 10.2. The highest BCUT2D eigenvalue weighted by Gasteiger charge is 2.10. The molecule has 0 atom stereocenters. The summed E-state index contributed by atoms with van der Waals surface area (Å²) in [6.07, 6.45) is 3.62. The summed E-state index contributed by atoms with van der Waals surface area (Å²) in [5.74, 6) is 0.621. The van der Waals surface area contributed by atoms with E-state index in [0.717, 1.165) is 5.69 Å². The first-order valence-corrected chi connectivity index (χ1v) is 6.93. The van der Waals surface area contributed by atoms with Crippen molar-refractivity contribution in [2.75, 3.05) is 11.9 Å². The van der Waals surface area contributed by atoms with E-state index < -0.39 is 4.92 Å². The van der Waals surface area contributed by atoms with Crippen molar-refractivity contribution >= 4 is 28.2 Å². The summed E-state index contributed by atoms with van der Waals surface area (Å²) >= 11 is 0. The van der Waals surface area contributed by atoms with Gasteiger partial charge in [0.2, 0.25) is 5.91 Å². The van der Waals surface area contributed by atoms with Gasteiger partial charge in [-0.2, -0.15) is 0 Å². The number of hydrogen-bond donors (Lipinski definition) is 0. The van der Waals surface area contributed by atoms with Gasteiger partial charge < -0.3 is 9.47 Å². The number of aromatic nitrogens is 2. The number of pyridine rings is 1. The number of non-ortho nitro benzene ring substituents is 1. The third-order valence-electron chi connectivity index (χ3n) is 3.67. The highest BCUT2D eigenvalue weighted by molar-refractivity contribution is 5.90. The second-order valence-corrected chi connectivity index (χ2v) is 5.16. The molecule has 0 spiro atoms. The van der Waals surface area contributed by atoms with E-state index in [0.29, 0.717) is 16.7 Å². The summed E-state index contributed by atoms with van der Waals surface area (Å²) in [5, 5.41) is 11.5. The molecule has 0 saturated heterocycles. The minimum atomic E-state index is -0.427. The average molecular weight is 310 g/mol. The normalized spacial score (nSPS) is 10.7. The molecule has 23 heavy (non-hydrogen) atoms. The fourth-order valence-electron chi connectivity index (χ4n) is 2.27. The van der Waals surface area contributed by atoms with E-state index in [1.165, 1.54) is 19.1 Å². The lowest BCUT2D eigenvalue weighted by Gasteiger charge is -2.12. The predicted molar refractivity (Wildman–Crippen MR) is 86.8 cm³/mol. The van der Waals surface area contributed by atoms with Crippen LogP contribution in [0, 0.1) is 10.1 Å². The van der Waals surface area contributed by atoms with E-state index in [9.17, 15) is 14.9 Å². The van der Waals surface area contributed by atoms with Crippen LogP contribution in [0.3, 0.4) is 0 Å². The van der Waals surface area contributed by atoms with Crippen molar-refractivity contribution in [3.63, 3.8) is 0 Å². The molecule has 0 radical (unpaired) electrons. The van der Waals surface area contributed by atoms with Crippen molar-refractivity contribution in [1.29, 1.82) is 0 Å². The first-order valence-electron chi connectivity index (χ1n) is 6.93. The summed E-state index contributed by atoms with van der Waals surface area (Å²) in [4.78, 5) is 27.8. The average Bonchev–Trinajstić information content (AvgIpc) is 3.02. The van der Waals surface area contributed by atoms with Crippen LogP contribution in [0.25, 0.3) is 16.7 Å². The van der Waals surface area contributed by atoms with E-state index in [2.05, 4.69) is 4.98 Å². The molecule has 3 rings (SSSR count). The van der Waals surface area contributed by atoms with Crippen LogP contribution in [0.5, 0.6) is 0 Å². The first-order chi connectivity index (χ1) is 11.0. The molecule has 0 saturated carbocycles. The lowest BCUT2D eigenvalue weighted by Crippen LogP contribution is -2.22. The Labute approximate surface area is 131 Å². The molecule has 3 aromatic rings. The maximum atomic E-state index is 11.4. The standard InChI is InChI=1S/C16H14N4O3/c1-11(21)18(2)14-7-8-19(10-14)16-6-3-12-9-13(20(22)23)4-5-15(12)17-16/h3-10H,1-2H3. The Kier molecular flexibility index (Phi) is 3.53. The number of amides is 1. The fourth-order valence-corrected chi connectivity index (χ4v) is 2.27. The second kappa shape index (κ2) is 5.53. The molecule has 1 amide bonds. The third kappa shape index (κ3) is 2.76. The Morgan fingerprint density at radius 3 is 2.74 bits per heavy atom. The predicted octanol–water partition coefficient (Wildman–Crippen LogP) is 2.92.